The highest BCUT2D eigenvalue weighted by Gasteiger charge is 2.67. The molecule has 0 amide bonds. The summed E-state index contributed by atoms with van der Waals surface area (Å²) in [6.45, 7) is 3.42. The number of rotatable bonds is 4. The first-order valence-corrected chi connectivity index (χ1v) is 10.5. The molecule has 1 aliphatic carbocycles. The summed E-state index contributed by atoms with van der Waals surface area (Å²) >= 11 is 0. The molecule has 0 saturated heterocycles. The largest absolute Gasteiger partial charge is 0.393 e. The van der Waals surface area contributed by atoms with Gasteiger partial charge in [0.1, 0.15) is 17.9 Å². The molecule has 168 valence electrons. The number of aromatic nitrogens is 3. The number of hydrogen-bond donors (Lipinski definition) is 3. The molecule has 4 atom stereocenters. The molecule has 4 N–H and O–H groups in total. The second kappa shape index (κ2) is 7.15. The molecule has 2 aromatic heterocycles. The van der Waals surface area contributed by atoms with Crippen molar-refractivity contribution in [3.8, 4) is 6.07 Å². The maximum Gasteiger partial charge on any atom is 0.164 e. The quantitative estimate of drug-likeness (QED) is 0.557. The molecule has 1 saturated carbocycles. The number of amidine groups is 1. The highest BCUT2D eigenvalue weighted by atomic mass is 19.2. The molecular weight excluding hydrogens is 428 g/mol. The minimum absolute atomic E-state index is 0.0539. The van der Waals surface area contributed by atoms with E-state index in [0.717, 1.165) is 6.07 Å². The fraction of sp³-hybridized carbons (Fsp3) is 0.348. The normalized spacial score (nSPS) is 26.8. The van der Waals surface area contributed by atoms with E-state index >= 15 is 4.39 Å². The van der Waals surface area contributed by atoms with Crippen LogP contribution in [0.2, 0.25) is 0 Å². The van der Waals surface area contributed by atoms with Crippen LogP contribution in [0.25, 0.3) is 11.0 Å². The van der Waals surface area contributed by atoms with E-state index in [2.05, 4.69) is 25.3 Å². The van der Waals surface area contributed by atoms with E-state index in [4.69, 9.17) is 11.0 Å². The summed E-state index contributed by atoms with van der Waals surface area (Å²) in [6.07, 6.45) is 3.07. The van der Waals surface area contributed by atoms with Gasteiger partial charge in [-0.05, 0) is 38.3 Å². The van der Waals surface area contributed by atoms with Crippen molar-refractivity contribution in [1.82, 2.24) is 15.0 Å². The van der Waals surface area contributed by atoms with Crippen LogP contribution in [0.15, 0.2) is 35.7 Å². The van der Waals surface area contributed by atoms with Crippen LogP contribution in [0.4, 0.5) is 20.3 Å². The predicted octanol–water partition coefficient (Wildman–Crippen LogP) is 3.28. The number of pyridine rings is 1. The Balaban J connectivity index is 1.58. The number of nitriles is 1. The zero-order valence-electron chi connectivity index (χ0n) is 18.0. The summed E-state index contributed by atoms with van der Waals surface area (Å²) in [5.74, 6) is -1.63. The number of aliphatic imine (C=N–C) groups is 1. The fourth-order valence-electron chi connectivity index (χ4n) is 5.15. The molecule has 0 radical (unpaired) electrons. The number of anilines is 2. The van der Waals surface area contributed by atoms with Gasteiger partial charge in [-0.3, -0.25) is 4.99 Å². The molecule has 0 spiro atoms. The number of aliphatic hydroxyl groups excluding tert-OH is 1. The molecule has 5 rings (SSSR count). The van der Waals surface area contributed by atoms with Crippen LogP contribution < -0.4 is 11.1 Å². The summed E-state index contributed by atoms with van der Waals surface area (Å²) in [5.41, 5.74) is 5.92. The number of nitrogens with one attached hydrogen (secondary N) is 1. The molecule has 2 aliphatic rings. The van der Waals surface area contributed by atoms with Crippen molar-refractivity contribution < 1.29 is 13.9 Å². The van der Waals surface area contributed by atoms with Gasteiger partial charge in [0.15, 0.2) is 17.5 Å². The van der Waals surface area contributed by atoms with E-state index in [1.54, 1.807) is 19.9 Å². The molecule has 33 heavy (non-hydrogen) atoms. The second-order valence-electron chi connectivity index (χ2n) is 8.96. The van der Waals surface area contributed by atoms with Crippen molar-refractivity contribution in [2.45, 2.75) is 38.3 Å². The first-order valence-electron chi connectivity index (χ1n) is 10.5. The summed E-state index contributed by atoms with van der Waals surface area (Å²) in [5, 5.41) is 22.4. The summed E-state index contributed by atoms with van der Waals surface area (Å²) in [4.78, 5) is 17.1. The molecule has 3 aromatic rings. The van der Waals surface area contributed by atoms with Crippen LogP contribution in [0, 0.1) is 34.3 Å². The third kappa shape index (κ3) is 3.19. The average molecular weight is 449 g/mol. The Morgan fingerprint density at radius 1 is 1.27 bits per heavy atom. The maximum atomic E-state index is 15.1. The van der Waals surface area contributed by atoms with Crippen molar-refractivity contribution in [2.75, 3.05) is 5.32 Å². The highest BCUT2D eigenvalue weighted by molar-refractivity contribution is 5.87. The van der Waals surface area contributed by atoms with E-state index in [9.17, 15) is 9.50 Å². The SMILES string of the molecule is C[C@@H](O)[C@@]12CC(N)=N[C@](C)(c3cc(Nc4ncnc5cc(C#N)cnc45)cc(F)c3F)[C@@H]1C2. The Labute approximate surface area is 188 Å². The van der Waals surface area contributed by atoms with Crippen LogP contribution in [-0.2, 0) is 5.54 Å². The average Bonchev–Trinajstić information content (AvgIpc) is 3.53. The van der Waals surface area contributed by atoms with Gasteiger partial charge in [0.2, 0.25) is 0 Å². The fourth-order valence-corrected chi connectivity index (χ4v) is 5.15. The van der Waals surface area contributed by atoms with Gasteiger partial charge in [-0.25, -0.2) is 23.7 Å². The van der Waals surface area contributed by atoms with E-state index in [-0.39, 0.29) is 23.0 Å². The van der Waals surface area contributed by atoms with Gasteiger partial charge in [-0.1, -0.05) is 0 Å². The summed E-state index contributed by atoms with van der Waals surface area (Å²) in [6, 6.07) is 6.08. The Kier molecular flexibility index (Phi) is 4.58. The number of nitrogens with two attached hydrogens (primary N) is 1. The molecule has 1 aliphatic heterocycles. The highest BCUT2D eigenvalue weighted by Crippen LogP contribution is 2.68. The molecule has 0 bridgehead atoms. The van der Waals surface area contributed by atoms with Crippen LogP contribution in [0.3, 0.4) is 0 Å². The number of benzene rings is 1. The molecule has 1 fully saturated rings. The van der Waals surface area contributed by atoms with Gasteiger partial charge in [0.05, 0.1) is 28.6 Å². The zero-order valence-corrected chi connectivity index (χ0v) is 18.0. The minimum Gasteiger partial charge on any atom is -0.393 e. The minimum atomic E-state index is -1.13. The number of nitrogens with zero attached hydrogens (tertiary/aromatic N) is 5. The summed E-state index contributed by atoms with van der Waals surface area (Å²) < 4.78 is 29.8. The van der Waals surface area contributed by atoms with Crippen LogP contribution in [0.1, 0.15) is 37.8 Å². The van der Waals surface area contributed by atoms with E-state index in [1.807, 2.05) is 6.07 Å². The Morgan fingerprint density at radius 2 is 2.06 bits per heavy atom. The van der Waals surface area contributed by atoms with Crippen molar-refractivity contribution in [3.63, 3.8) is 0 Å². The third-order valence-electron chi connectivity index (χ3n) is 6.96. The van der Waals surface area contributed by atoms with Crippen molar-refractivity contribution in [2.24, 2.45) is 22.1 Å². The van der Waals surface area contributed by atoms with Crippen LogP contribution >= 0.6 is 0 Å². The van der Waals surface area contributed by atoms with E-state index < -0.39 is 28.7 Å². The van der Waals surface area contributed by atoms with Gasteiger partial charge >= 0.3 is 0 Å². The Hall–Kier alpha value is -3.71. The van der Waals surface area contributed by atoms with Crippen LogP contribution in [0.5, 0.6) is 0 Å². The lowest BCUT2D eigenvalue weighted by Gasteiger charge is -2.36. The van der Waals surface area contributed by atoms with Gasteiger partial charge in [0, 0.05) is 35.3 Å². The molecule has 0 unspecified atom stereocenters. The van der Waals surface area contributed by atoms with Gasteiger partial charge < -0.3 is 16.2 Å². The molecule has 8 nitrogen and oxygen atoms in total. The van der Waals surface area contributed by atoms with Crippen molar-refractivity contribution in [3.05, 3.63) is 53.5 Å². The Morgan fingerprint density at radius 3 is 2.79 bits per heavy atom. The smallest absolute Gasteiger partial charge is 0.164 e. The lowest BCUT2D eigenvalue weighted by molar-refractivity contribution is 0.0879. The maximum absolute atomic E-state index is 15.1. The first kappa shape index (κ1) is 21.2. The van der Waals surface area contributed by atoms with E-state index in [0.29, 0.717) is 35.3 Å². The van der Waals surface area contributed by atoms with Crippen molar-refractivity contribution in [1.29, 1.82) is 5.26 Å². The van der Waals surface area contributed by atoms with Gasteiger partial charge in [-0.2, -0.15) is 5.26 Å². The molecule has 1 aromatic carbocycles. The lowest BCUT2D eigenvalue weighted by atomic mass is 9.77. The lowest BCUT2D eigenvalue weighted by Crippen LogP contribution is -2.40. The number of fused-ring (bicyclic) bond motifs is 2. The number of hydrogen-bond acceptors (Lipinski definition) is 8. The molecular formula is C23H21F2N7O. The van der Waals surface area contributed by atoms with E-state index in [1.165, 1.54) is 18.6 Å². The molecule has 3 heterocycles. The second-order valence-corrected chi connectivity index (χ2v) is 8.96. The molecule has 10 heteroatoms. The summed E-state index contributed by atoms with van der Waals surface area (Å²) in [7, 11) is 0. The van der Waals surface area contributed by atoms with Gasteiger partial charge in [0.25, 0.3) is 0 Å². The monoisotopic (exact) mass is 449 g/mol. The Bertz CT molecular complexity index is 1370. The predicted molar refractivity (Wildman–Crippen MR) is 118 cm³/mol. The van der Waals surface area contributed by atoms with Crippen molar-refractivity contribution >= 4 is 28.4 Å². The zero-order chi connectivity index (χ0) is 23.5. The number of aliphatic hydroxyl groups is 1. The topological polar surface area (TPSA) is 133 Å². The van der Waals surface area contributed by atoms with Crippen LogP contribution in [-0.4, -0.2) is 32.0 Å². The van der Waals surface area contributed by atoms with Gasteiger partial charge in [-0.15, -0.1) is 0 Å². The third-order valence-corrected chi connectivity index (χ3v) is 6.96. The number of halogens is 2. The standard InChI is InChI=1S/C23H21F2N7O/c1-11(33)23-6-17(23)22(2,32-18(27)7-23)14-4-13(5-15(24)19(14)25)31-21-20-16(29-10-30-21)3-12(8-26)9-28-20/h3-5,9-11,17,33H,6-7H2,1-2H3,(H2,27,32)(H,29,30,31)/t11-,17+,22-,23-/m1/s1. The first-order chi connectivity index (χ1) is 15.7.